The predicted octanol–water partition coefficient (Wildman–Crippen LogP) is 3.42. The molecule has 2 saturated heterocycles. The minimum absolute atomic E-state index is 0.346. The van der Waals surface area contributed by atoms with Crippen LogP contribution in [0.2, 0.25) is 0 Å². The highest BCUT2D eigenvalue weighted by Crippen LogP contribution is 2.23. The number of pyridine rings is 1. The van der Waals surface area contributed by atoms with E-state index in [2.05, 4.69) is 56.1 Å². The molecule has 0 radical (unpaired) electrons. The summed E-state index contributed by atoms with van der Waals surface area (Å²) in [6, 6.07) is 14.8. The highest BCUT2D eigenvalue weighted by Gasteiger charge is 2.24. The van der Waals surface area contributed by atoms with E-state index in [0.717, 1.165) is 58.8 Å². The largest absolute Gasteiger partial charge is 0.340 e. The van der Waals surface area contributed by atoms with Crippen molar-refractivity contribution in [2.45, 2.75) is 38.8 Å². The molecule has 2 fully saturated rings. The molecule has 5 heteroatoms. The normalized spacial score (nSPS) is 20.9. The SMILES string of the molecule is O=C(CC[C@@H]1CCCN(Cc2cccnc2)C1)N1CCN(Cc2ccccc2)CC1. The quantitative estimate of drug-likeness (QED) is 0.706. The van der Waals surface area contributed by atoms with Gasteiger partial charge in [-0.2, -0.15) is 0 Å². The number of amides is 1. The molecule has 30 heavy (non-hydrogen) atoms. The van der Waals surface area contributed by atoms with Gasteiger partial charge in [-0.1, -0.05) is 36.4 Å². The molecule has 2 aromatic rings. The number of carbonyl (C=O) groups excluding carboxylic acids is 1. The monoisotopic (exact) mass is 406 g/mol. The van der Waals surface area contributed by atoms with E-state index in [9.17, 15) is 4.79 Å². The van der Waals surface area contributed by atoms with Crippen LogP contribution in [-0.4, -0.2) is 64.9 Å². The van der Waals surface area contributed by atoms with Crippen molar-refractivity contribution >= 4 is 5.91 Å². The molecule has 4 rings (SSSR count). The second-order valence-electron chi connectivity index (χ2n) is 8.79. The van der Waals surface area contributed by atoms with Crippen molar-refractivity contribution in [1.82, 2.24) is 19.7 Å². The zero-order valence-corrected chi connectivity index (χ0v) is 18.0. The molecule has 2 aliphatic heterocycles. The standard InChI is InChI=1S/C25H34N4O/c30-25(29-16-14-27(15-17-29)19-22-6-2-1-3-7-22)11-10-23-9-5-13-28(20-23)21-24-8-4-12-26-18-24/h1-4,6-8,12,18,23H,5,9-11,13-17,19-21H2/t23-/m0/s1. The Morgan fingerprint density at radius 1 is 0.900 bits per heavy atom. The molecule has 0 bridgehead atoms. The maximum atomic E-state index is 12.8. The molecule has 160 valence electrons. The van der Waals surface area contributed by atoms with Crippen LogP contribution in [0.3, 0.4) is 0 Å². The number of aromatic nitrogens is 1. The first-order valence-corrected chi connectivity index (χ1v) is 11.4. The van der Waals surface area contributed by atoms with Crippen molar-refractivity contribution in [1.29, 1.82) is 0 Å². The molecule has 0 N–H and O–H groups in total. The average Bonchev–Trinajstić information content (AvgIpc) is 2.80. The summed E-state index contributed by atoms with van der Waals surface area (Å²) in [7, 11) is 0. The van der Waals surface area contributed by atoms with Crippen LogP contribution in [0.1, 0.15) is 36.8 Å². The van der Waals surface area contributed by atoms with Crippen LogP contribution in [-0.2, 0) is 17.9 Å². The third-order valence-corrected chi connectivity index (χ3v) is 6.47. The van der Waals surface area contributed by atoms with Crippen LogP contribution in [0, 0.1) is 5.92 Å². The van der Waals surface area contributed by atoms with Gasteiger partial charge >= 0.3 is 0 Å². The van der Waals surface area contributed by atoms with Crippen molar-refractivity contribution < 1.29 is 4.79 Å². The molecule has 5 nitrogen and oxygen atoms in total. The van der Waals surface area contributed by atoms with E-state index in [1.807, 2.05) is 18.5 Å². The Kier molecular flexibility index (Phi) is 7.49. The summed E-state index contributed by atoms with van der Waals surface area (Å²) in [6.45, 7) is 7.90. The van der Waals surface area contributed by atoms with Crippen LogP contribution in [0.5, 0.6) is 0 Å². The van der Waals surface area contributed by atoms with Crippen LogP contribution >= 0.6 is 0 Å². The minimum atomic E-state index is 0.346. The van der Waals surface area contributed by atoms with E-state index in [4.69, 9.17) is 0 Å². The van der Waals surface area contributed by atoms with Gasteiger partial charge in [-0.3, -0.25) is 19.6 Å². The number of piperazine rings is 1. The number of likely N-dealkylation sites (tertiary alicyclic amines) is 1. The number of carbonyl (C=O) groups is 1. The molecule has 1 amide bonds. The lowest BCUT2D eigenvalue weighted by Crippen LogP contribution is -2.48. The van der Waals surface area contributed by atoms with Gasteiger partial charge in [0.2, 0.25) is 5.91 Å². The van der Waals surface area contributed by atoms with Crippen molar-refractivity contribution in [3.05, 3.63) is 66.0 Å². The molecule has 2 aliphatic rings. The lowest BCUT2D eigenvalue weighted by Gasteiger charge is -2.36. The maximum Gasteiger partial charge on any atom is 0.222 e. The summed E-state index contributed by atoms with van der Waals surface area (Å²) in [5, 5.41) is 0. The highest BCUT2D eigenvalue weighted by atomic mass is 16.2. The number of nitrogens with zero attached hydrogens (tertiary/aromatic N) is 4. The predicted molar refractivity (Wildman–Crippen MR) is 120 cm³/mol. The molecule has 0 saturated carbocycles. The van der Waals surface area contributed by atoms with Crippen molar-refractivity contribution in [3.63, 3.8) is 0 Å². The summed E-state index contributed by atoms with van der Waals surface area (Å²) in [5.74, 6) is 0.984. The summed E-state index contributed by atoms with van der Waals surface area (Å²) < 4.78 is 0. The molecule has 0 unspecified atom stereocenters. The number of hydrogen-bond acceptors (Lipinski definition) is 4. The van der Waals surface area contributed by atoms with Crippen molar-refractivity contribution in [2.75, 3.05) is 39.3 Å². The Morgan fingerprint density at radius 3 is 2.43 bits per heavy atom. The Hall–Kier alpha value is -2.24. The summed E-state index contributed by atoms with van der Waals surface area (Å²) >= 11 is 0. The van der Waals surface area contributed by atoms with Crippen molar-refractivity contribution in [2.24, 2.45) is 5.92 Å². The summed E-state index contributed by atoms with van der Waals surface area (Å²) in [6.07, 6.45) is 8.00. The second-order valence-corrected chi connectivity index (χ2v) is 8.79. The Morgan fingerprint density at radius 2 is 1.67 bits per heavy atom. The average molecular weight is 407 g/mol. The number of hydrogen-bond donors (Lipinski definition) is 0. The van der Waals surface area contributed by atoms with Gasteiger partial charge in [0.25, 0.3) is 0 Å². The zero-order chi connectivity index (χ0) is 20.6. The molecule has 0 spiro atoms. The fourth-order valence-electron chi connectivity index (χ4n) is 4.76. The van der Waals surface area contributed by atoms with Crippen LogP contribution in [0.15, 0.2) is 54.9 Å². The van der Waals surface area contributed by atoms with Gasteiger partial charge in [-0.25, -0.2) is 0 Å². The first-order chi connectivity index (χ1) is 14.8. The number of piperidine rings is 1. The van der Waals surface area contributed by atoms with Crippen molar-refractivity contribution in [3.8, 4) is 0 Å². The summed E-state index contributed by atoms with van der Waals surface area (Å²) in [5.41, 5.74) is 2.63. The lowest BCUT2D eigenvalue weighted by atomic mass is 9.93. The fourth-order valence-corrected chi connectivity index (χ4v) is 4.76. The molecule has 3 heterocycles. The highest BCUT2D eigenvalue weighted by molar-refractivity contribution is 5.76. The second kappa shape index (κ2) is 10.7. The van der Waals surface area contributed by atoms with Gasteiger partial charge < -0.3 is 4.90 Å². The Bertz CT molecular complexity index is 774. The summed E-state index contributed by atoms with van der Waals surface area (Å²) in [4.78, 5) is 24.1. The van der Waals surface area contributed by atoms with E-state index in [1.54, 1.807) is 0 Å². The topological polar surface area (TPSA) is 39.7 Å². The van der Waals surface area contributed by atoms with Crippen LogP contribution in [0.25, 0.3) is 0 Å². The lowest BCUT2D eigenvalue weighted by molar-refractivity contribution is -0.133. The molecular weight excluding hydrogens is 372 g/mol. The van der Waals surface area contributed by atoms with E-state index in [-0.39, 0.29) is 0 Å². The zero-order valence-electron chi connectivity index (χ0n) is 18.0. The molecular formula is C25H34N4O. The molecule has 1 atom stereocenters. The van der Waals surface area contributed by atoms with E-state index < -0.39 is 0 Å². The van der Waals surface area contributed by atoms with E-state index >= 15 is 0 Å². The van der Waals surface area contributed by atoms with Gasteiger partial charge in [0.15, 0.2) is 0 Å². The third-order valence-electron chi connectivity index (χ3n) is 6.47. The molecule has 1 aromatic heterocycles. The molecule has 1 aromatic carbocycles. The Labute approximate surface area is 180 Å². The van der Waals surface area contributed by atoms with Crippen LogP contribution in [0.4, 0.5) is 0 Å². The number of rotatable bonds is 7. The van der Waals surface area contributed by atoms with Gasteiger partial charge in [0.05, 0.1) is 0 Å². The first kappa shape index (κ1) is 21.0. The third kappa shape index (κ3) is 6.13. The van der Waals surface area contributed by atoms with Gasteiger partial charge in [-0.15, -0.1) is 0 Å². The maximum absolute atomic E-state index is 12.8. The first-order valence-electron chi connectivity index (χ1n) is 11.4. The van der Waals surface area contributed by atoms with Crippen LogP contribution < -0.4 is 0 Å². The van der Waals surface area contributed by atoms with E-state index in [0.29, 0.717) is 18.2 Å². The fraction of sp³-hybridized carbons (Fsp3) is 0.520. The minimum Gasteiger partial charge on any atom is -0.340 e. The van der Waals surface area contributed by atoms with E-state index in [1.165, 1.54) is 24.0 Å². The van der Waals surface area contributed by atoms with Gasteiger partial charge in [-0.05, 0) is 48.9 Å². The number of benzene rings is 1. The van der Waals surface area contributed by atoms with Gasteiger partial charge in [0.1, 0.15) is 0 Å². The molecule has 0 aliphatic carbocycles. The van der Waals surface area contributed by atoms with Gasteiger partial charge in [0, 0.05) is 64.6 Å². The Balaban J connectivity index is 1.17. The smallest absolute Gasteiger partial charge is 0.222 e.